The lowest BCUT2D eigenvalue weighted by atomic mass is 10.1. The van der Waals surface area contributed by atoms with Crippen molar-refractivity contribution in [3.05, 3.63) is 42.2 Å². The number of amides is 1. The minimum absolute atomic E-state index is 0.148. The van der Waals surface area contributed by atoms with E-state index in [2.05, 4.69) is 10.3 Å². The quantitative estimate of drug-likeness (QED) is 0.724. The average molecular weight is 308 g/mol. The largest absolute Gasteiger partial charge is 0.479 e. The Labute approximate surface area is 132 Å². The van der Waals surface area contributed by atoms with Crippen LogP contribution in [0.25, 0.3) is 16.9 Å². The van der Waals surface area contributed by atoms with Crippen molar-refractivity contribution in [1.82, 2.24) is 9.38 Å². The van der Waals surface area contributed by atoms with E-state index in [-0.39, 0.29) is 5.91 Å². The minimum atomic E-state index is -0.481. The summed E-state index contributed by atoms with van der Waals surface area (Å²) in [5, 5.41) is 2.86. The van der Waals surface area contributed by atoms with Gasteiger partial charge in [0, 0.05) is 17.5 Å². The van der Waals surface area contributed by atoms with Gasteiger partial charge in [0.1, 0.15) is 5.75 Å². The smallest absolute Gasteiger partial charge is 0.265 e. The van der Waals surface area contributed by atoms with Crippen LogP contribution >= 0.6 is 0 Å². The van der Waals surface area contributed by atoms with Gasteiger partial charge >= 0.3 is 0 Å². The number of aryl methyl sites for hydroxylation is 1. The summed E-state index contributed by atoms with van der Waals surface area (Å²) in [7, 11) is 0. The highest BCUT2D eigenvalue weighted by molar-refractivity contribution is 5.98. The summed E-state index contributed by atoms with van der Waals surface area (Å²) >= 11 is 0. The lowest BCUT2D eigenvalue weighted by Gasteiger charge is -2.23. The SMILES string of the molecule is Cc1c(-c2ccc3c(c2)NC(=O)C(C)O3)nc2c(N)cccn12. The van der Waals surface area contributed by atoms with E-state index >= 15 is 0 Å². The number of rotatable bonds is 1. The van der Waals surface area contributed by atoms with E-state index in [4.69, 9.17) is 10.5 Å². The van der Waals surface area contributed by atoms with Crippen LogP contribution in [-0.4, -0.2) is 21.4 Å². The molecule has 3 N–H and O–H groups in total. The Bertz CT molecular complexity index is 945. The number of anilines is 2. The number of nitrogens with one attached hydrogen (secondary N) is 1. The van der Waals surface area contributed by atoms with Crippen LogP contribution in [0.1, 0.15) is 12.6 Å². The Morgan fingerprint density at radius 2 is 2.17 bits per heavy atom. The molecule has 0 saturated heterocycles. The molecular formula is C17H16N4O2. The van der Waals surface area contributed by atoms with Gasteiger partial charge < -0.3 is 20.2 Å². The van der Waals surface area contributed by atoms with E-state index in [1.54, 1.807) is 6.92 Å². The molecule has 116 valence electrons. The average Bonchev–Trinajstić information content (AvgIpc) is 2.87. The summed E-state index contributed by atoms with van der Waals surface area (Å²) in [5.74, 6) is 0.521. The van der Waals surface area contributed by atoms with Gasteiger partial charge in [-0.2, -0.15) is 0 Å². The lowest BCUT2D eigenvalue weighted by Crippen LogP contribution is -2.34. The molecule has 1 aliphatic heterocycles. The van der Waals surface area contributed by atoms with Crippen LogP contribution in [0.15, 0.2) is 36.5 Å². The first-order chi connectivity index (χ1) is 11.0. The maximum atomic E-state index is 11.8. The molecule has 0 radical (unpaired) electrons. The fourth-order valence-corrected chi connectivity index (χ4v) is 2.84. The normalized spacial score (nSPS) is 16.8. The van der Waals surface area contributed by atoms with Gasteiger partial charge in [0.25, 0.3) is 5.91 Å². The van der Waals surface area contributed by atoms with Crippen LogP contribution in [0.3, 0.4) is 0 Å². The first-order valence-electron chi connectivity index (χ1n) is 7.39. The molecule has 4 rings (SSSR count). The van der Waals surface area contributed by atoms with Gasteiger partial charge in [-0.3, -0.25) is 4.79 Å². The molecule has 0 bridgehead atoms. The predicted octanol–water partition coefficient (Wildman–Crippen LogP) is 2.61. The molecule has 6 nitrogen and oxygen atoms in total. The van der Waals surface area contributed by atoms with Crippen LogP contribution in [0, 0.1) is 6.92 Å². The van der Waals surface area contributed by atoms with Crippen molar-refractivity contribution >= 4 is 22.9 Å². The molecule has 6 heteroatoms. The highest BCUT2D eigenvalue weighted by atomic mass is 16.5. The summed E-state index contributed by atoms with van der Waals surface area (Å²) in [5.41, 5.74) is 10.7. The molecule has 0 saturated carbocycles. The number of nitrogen functional groups attached to an aromatic ring is 1. The molecule has 1 aromatic carbocycles. The van der Waals surface area contributed by atoms with Gasteiger partial charge in [0.15, 0.2) is 11.8 Å². The van der Waals surface area contributed by atoms with Crippen LogP contribution < -0.4 is 15.8 Å². The molecule has 0 fully saturated rings. The molecule has 1 atom stereocenters. The molecule has 1 amide bonds. The van der Waals surface area contributed by atoms with Crippen molar-refractivity contribution in [2.75, 3.05) is 11.1 Å². The van der Waals surface area contributed by atoms with Gasteiger partial charge in [-0.25, -0.2) is 4.98 Å². The number of carbonyl (C=O) groups is 1. The first-order valence-corrected chi connectivity index (χ1v) is 7.39. The molecule has 3 aromatic rings. The van der Waals surface area contributed by atoms with Crippen LogP contribution in [0.5, 0.6) is 5.75 Å². The zero-order valence-corrected chi connectivity index (χ0v) is 12.8. The van der Waals surface area contributed by atoms with Gasteiger partial charge in [-0.05, 0) is 44.2 Å². The number of ether oxygens (including phenoxy) is 1. The second-order valence-electron chi connectivity index (χ2n) is 5.66. The highest BCUT2D eigenvalue weighted by Crippen LogP contribution is 2.35. The minimum Gasteiger partial charge on any atom is -0.479 e. The van der Waals surface area contributed by atoms with E-state index in [0.717, 1.165) is 22.6 Å². The molecule has 1 aliphatic rings. The Kier molecular flexibility index (Phi) is 2.81. The zero-order chi connectivity index (χ0) is 16.1. The molecule has 2 aromatic heterocycles. The number of fused-ring (bicyclic) bond motifs is 2. The maximum absolute atomic E-state index is 11.8. The van der Waals surface area contributed by atoms with Crippen molar-refractivity contribution in [2.24, 2.45) is 0 Å². The molecule has 0 aliphatic carbocycles. The number of carbonyl (C=O) groups excluding carboxylic acids is 1. The summed E-state index contributed by atoms with van der Waals surface area (Å²) in [4.78, 5) is 16.4. The molecule has 23 heavy (non-hydrogen) atoms. The number of hydrogen-bond acceptors (Lipinski definition) is 4. The topological polar surface area (TPSA) is 81.6 Å². The Morgan fingerprint density at radius 3 is 2.96 bits per heavy atom. The predicted molar refractivity (Wildman–Crippen MR) is 88.5 cm³/mol. The fraction of sp³-hybridized carbons (Fsp3) is 0.176. The van der Waals surface area contributed by atoms with Gasteiger partial charge in [0.2, 0.25) is 0 Å². The van der Waals surface area contributed by atoms with Gasteiger partial charge in [-0.1, -0.05) is 0 Å². The molecular weight excluding hydrogens is 292 g/mol. The monoisotopic (exact) mass is 308 g/mol. The van der Waals surface area contributed by atoms with Crippen molar-refractivity contribution < 1.29 is 9.53 Å². The fourth-order valence-electron chi connectivity index (χ4n) is 2.84. The molecule has 3 heterocycles. The number of benzene rings is 1. The number of pyridine rings is 1. The Balaban J connectivity index is 1.86. The zero-order valence-electron chi connectivity index (χ0n) is 12.8. The Morgan fingerprint density at radius 1 is 1.35 bits per heavy atom. The van der Waals surface area contributed by atoms with Crippen LogP contribution in [0.2, 0.25) is 0 Å². The summed E-state index contributed by atoms with van der Waals surface area (Å²) in [6, 6.07) is 9.39. The first kappa shape index (κ1) is 13.6. The molecule has 0 spiro atoms. The standard InChI is InChI=1S/C17H16N4O2/c1-9-15(20-16-12(18)4-3-7-21(9)16)11-5-6-14-13(8-11)19-17(22)10(2)23-14/h3-8,10H,18H2,1-2H3,(H,19,22). The van der Waals surface area contributed by atoms with Crippen molar-refractivity contribution in [3.8, 4) is 17.0 Å². The number of hydrogen-bond donors (Lipinski definition) is 2. The van der Waals surface area contributed by atoms with Crippen molar-refractivity contribution in [3.63, 3.8) is 0 Å². The highest BCUT2D eigenvalue weighted by Gasteiger charge is 2.24. The maximum Gasteiger partial charge on any atom is 0.265 e. The third-order valence-corrected chi connectivity index (χ3v) is 4.10. The van der Waals surface area contributed by atoms with Crippen LogP contribution in [-0.2, 0) is 4.79 Å². The molecule has 1 unspecified atom stereocenters. The van der Waals surface area contributed by atoms with Gasteiger partial charge in [-0.15, -0.1) is 0 Å². The second-order valence-corrected chi connectivity index (χ2v) is 5.66. The number of imidazole rings is 1. The number of aromatic nitrogens is 2. The third kappa shape index (κ3) is 2.03. The van der Waals surface area contributed by atoms with Crippen molar-refractivity contribution in [1.29, 1.82) is 0 Å². The third-order valence-electron chi connectivity index (χ3n) is 4.10. The van der Waals surface area contributed by atoms with E-state index in [1.807, 2.05) is 47.9 Å². The number of nitrogens with zero attached hydrogens (tertiary/aromatic N) is 2. The van der Waals surface area contributed by atoms with Crippen molar-refractivity contribution in [2.45, 2.75) is 20.0 Å². The second kappa shape index (κ2) is 4.74. The summed E-state index contributed by atoms with van der Waals surface area (Å²) in [6.45, 7) is 3.71. The summed E-state index contributed by atoms with van der Waals surface area (Å²) < 4.78 is 7.55. The van der Waals surface area contributed by atoms with E-state index < -0.39 is 6.10 Å². The van der Waals surface area contributed by atoms with E-state index in [0.29, 0.717) is 17.1 Å². The van der Waals surface area contributed by atoms with E-state index in [1.165, 1.54) is 0 Å². The summed E-state index contributed by atoms with van der Waals surface area (Å²) in [6.07, 6.45) is 1.45. The lowest BCUT2D eigenvalue weighted by molar-refractivity contribution is -0.122. The van der Waals surface area contributed by atoms with E-state index in [9.17, 15) is 4.79 Å². The Hall–Kier alpha value is -3.02. The number of nitrogens with two attached hydrogens (primary N) is 1. The van der Waals surface area contributed by atoms with Gasteiger partial charge in [0.05, 0.1) is 17.1 Å². The van der Waals surface area contributed by atoms with Crippen LogP contribution in [0.4, 0.5) is 11.4 Å².